The average Bonchev–Trinajstić information content (AvgIpc) is 2.63. The van der Waals surface area contributed by atoms with E-state index in [1.165, 1.54) is 11.1 Å². The Morgan fingerprint density at radius 3 is 1.71 bits per heavy atom. The number of hydrogen-bond donors (Lipinski definition) is 2. The SMILES string of the molecule is CCC1c2ccccc2OOc2ccccc21.O=C(O)O. The minimum Gasteiger partial charge on any atom is -0.450 e. The molecule has 0 fully saturated rings. The van der Waals surface area contributed by atoms with Crippen LogP contribution in [0.25, 0.3) is 0 Å². The third-order valence-corrected chi connectivity index (χ3v) is 3.22. The van der Waals surface area contributed by atoms with Crippen molar-refractivity contribution in [3.8, 4) is 11.5 Å². The third kappa shape index (κ3) is 3.45. The summed E-state index contributed by atoms with van der Waals surface area (Å²) in [6.07, 6.45) is -0.805. The standard InChI is InChI=1S/C15H14O2.CH2O3/c1-2-11-12-7-3-5-9-14(12)16-17-15-10-6-4-8-13(11)15;2-1(3)4/h3-11H,2H2,1H3;(H2,2,3,4). The Balaban J connectivity index is 0.000000361. The third-order valence-electron chi connectivity index (χ3n) is 3.22. The smallest absolute Gasteiger partial charge is 0.450 e. The van der Waals surface area contributed by atoms with Crippen molar-refractivity contribution in [2.75, 3.05) is 0 Å². The molecule has 110 valence electrons. The van der Waals surface area contributed by atoms with Crippen molar-refractivity contribution in [3.05, 3.63) is 59.7 Å². The van der Waals surface area contributed by atoms with E-state index >= 15 is 0 Å². The van der Waals surface area contributed by atoms with Crippen molar-refractivity contribution in [1.82, 2.24) is 0 Å². The number of hydrogen-bond acceptors (Lipinski definition) is 3. The molecule has 0 saturated heterocycles. The molecule has 0 aliphatic carbocycles. The van der Waals surface area contributed by atoms with Crippen molar-refractivity contribution in [2.24, 2.45) is 0 Å². The van der Waals surface area contributed by atoms with Gasteiger partial charge in [0.2, 0.25) is 0 Å². The Morgan fingerprint density at radius 2 is 1.33 bits per heavy atom. The van der Waals surface area contributed by atoms with Gasteiger partial charge in [0, 0.05) is 17.0 Å². The van der Waals surface area contributed by atoms with Gasteiger partial charge in [0.05, 0.1) is 0 Å². The second kappa shape index (κ2) is 6.65. The average molecular weight is 288 g/mol. The molecule has 1 aliphatic rings. The molecule has 2 aromatic carbocycles. The van der Waals surface area contributed by atoms with Crippen LogP contribution in [0.2, 0.25) is 0 Å². The quantitative estimate of drug-likeness (QED) is 0.771. The first-order valence-corrected chi connectivity index (χ1v) is 6.57. The van der Waals surface area contributed by atoms with Gasteiger partial charge in [-0.3, -0.25) is 9.78 Å². The second-order valence-corrected chi connectivity index (χ2v) is 4.49. The summed E-state index contributed by atoms with van der Waals surface area (Å²) in [5, 5.41) is 13.9. The molecular formula is C16H16O5. The van der Waals surface area contributed by atoms with Crippen molar-refractivity contribution < 1.29 is 24.8 Å². The Hall–Kier alpha value is -2.69. The van der Waals surface area contributed by atoms with Crippen molar-refractivity contribution in [3.63, 3.8) is 0 Å². The van der Waals surface area contributed by atoms with Gasteiger partial charge in [-0.15, -0.1) is 0 Å². The van der Waals surface area contributed by atoms with E-state index in [1.54, 1.807) is 0 Å². The number of rotatable bonds is 1. The Morgan fingerprint density at radius 1 is 0.952 bits per heavy atom. The lowest BCUT2D eigenvalue weighted by Crippen LogP contribution is -1.99. The summed E-state index contributed by atoms with van der Waals surface area (Å²) in [5.74, 6) is 1.97. The van der Waals surface area contributed by atoms with Gasteiger partial charge in [-0.2, -0.15) is 0 Å². The van der Waals surface area contributed by atoms with Crippen LogP contribution in [-0.4, -0.2) is 16.4 Å². The molecule has 0 unspecified atom stereocenters. The number of fused-ring (bicyclic) bond motifs is 2. The van der Waals surface area contributed by atoms with E-state index in [9.17, 15) is 0 Å². The van der Waals surface area contributed by atoms with Crippen molar-refractivity contribution >= 4 is 6.16 Å². The van der Waals surface area contributed by atoms with E-state index in [-0.39, 0.29) is 0 Å². The van der Waals surface area contributed by atoms with Crippen LogP contribution in [0.15, 0.2) is 48.5 Å². The monoisotopic (exact) mass is 288 g/mol. The first-order valence-electron chi connectivity index (χ1n) is 6.57. The van der Waals surface area contributed by atoms with Crippen LogP contribution in [0, 0.1) is 0 Å². The molecule has 0 atom stereocenters. The fourth-order valence-corrected chi connectivity index (χ4v) is 2.39. The predicted molar refractivity (Wildman–Crippen MR) is 76.9 cm³/mol. The van der Waals surface area contributed by atoms with E-state index < -0.39 is 6.16 Å². The minimum atomic E-state index is -1.83. The molecule has 2 N–H and O–H groups in total. The second-order valence-electron chi connectivity index (χ2n) is 4.49. The normalized spacial score (nSPS) is 12.4. The molecule has 0 radical (unpaired) electrons. The molecule has 0 aromatic heterocycles. The van der Waals surface area contributed by atoms with Crippen molar-refractivity contribution in [2.45, 2.75) is 19.3 Å². The van der Waals surface area contributed by atoms with Gasteiger partial charge >= 0.3 is 6.16 Å². The highest BCUT2D eigenvalue weighted by Crippen LogP contribution is 2.41. The van der Waals surface area contributed by atoms with Gasteiger partial charge in [0.15, 0.2) is 11.5 Å². The number of carboxylic acid groups (broad SMARTS) is 2. The van der Waals surface area contributed by atoms with E-state index in [0.29, 0.717) is 5.92 Å². The van der Waals surface area contributed by atoms with Crippen LogP contribution in [0.5, 0.6) is 11.5 Å². The van der Waals surface area contributed by atoms with Gasteiger partial charge < -0.3 is 10.2 Å². The zero-order valence-corrected chi connectivity index (χ0v) is 11.5. The zero-order chi connectivity index (χ0) is 15.2. The molecule has 1 heterocycles. The first-order chi connectivity index (χ1) is 10.1. The lowest BCUT2D eigenvalue weighted by Gasteiger charge is -2.14. The maximum absolute atomic E-state index is 8.56. The molecular weight excluding hydrogens is 272 g/mol. The Kier molecular flexibility index (Phi) is 4.66. The van der Waals surface area contributed by atoms with E-state index in [2.05, 4.69) is 19.1 Å². The van der Waals surface area contributed by atoms with Crippen LogP contribution in [-0.2, 0) is 0 Å². The van der Waals surface area contributed by atoms with Crippen LogP contribution in [0.3, 0.4) is 0 Å². The van der Waals surface area contributed by atoms with Gasteiger partial charge in [0.1, 0.15) is 0 Å². The molecule has 5 heteroatoms. The maximum Gasteiger partial charge on any atom is 0.503 e. The van der Waals surface area contributed by atoms with Crippen LogP contribution in [0.4, 0.5) is 4.79 Å². The molecule has 0 spiro atoms. The fourth-order valence-electron chi connectivity index (χ4n) is 2.39. The summed E-state index contributed by atoms with van der Waals surface area (Å²) in [4.78, 5) is 19.4. The summed E-state index contributed by atoms with van der Waals surface area (Å²) in [7, 11) is 0. The number of para-hydroxylation sites is 2. The lowest BCUT2D eigenvalue weighted by atomic mass is 9.88. The Bertz CT molecular complexity index is 572. The van der Waals surface area contributed by atoms with Crippen LogP contribution in [0.1, 0.15) is 30.4 Å². The van der Waals surface area contributed by atoms with E-state index in [0.717, 1.165) is 17.9 Å². The molecule has 0 bridgehead atoms. The van der Waals surface area contributed by atoms with Gasteiger partial charge in [-0.1, -0.05) is 43.3 Å². The fraction of sp³-hybridized carbons (Fsp3) is 0.188. The molecule has 3 rings (SSSR count). The van der Waals surface area contributed by atoms with Crippen LogP contribution >= 0.6 is 0 Å². The van der Waals surface area contributed by atoms with E-state index in [1.807, 2.05) is 36.4 Å². The summed E-state index contributed by atoms with van der Waals surface area (Å²) < 4.78 is 0. The zero-order valence-electron chi connectivity index (χ0n) is 11.5. The minimum absolute atomic E-state index is 0.338. The highest BCUT2D eigenvalue weighted by Gasteiger charge is 2.24. The summed E-state index contributed by atoms with van der Waals surface area (Å²) in [6.45, 7) is 2.18. The molecule has 0 amide bonds. The van der Waals surface area contributed by atoms with Crippen molar-refractivity contribution in [1.29, 1.82) is 0 Å². The topological polar surface area (TPSA) is 76.0 Å². The number of carbonyl (C=O) groups is 1. The van der Waals surface area contributed by atoms with Gasteiger partial charge in [0.25, 0.3) is 0 Å². The molecule has 1 aliphatic heterocycles. The predicted octanol–water partition coefficient (Wildman–Crippen LogP) is 4.14. The summed E-state index contributed by atoms with van der Waals surface area (Å²) in [6, 6.07) is 16.1. The Labute approximate surface area is 122 Å². The first kappa shape index (κ1) is 14.7. The highest BCUT2D eigenvalue weighted by molar-refractivity contribution is 5.53. The number of benzene rings is 2. The summed E-state index contributed by atoms with van der Waals surface area (Å²) in [5.41, 5.74) is 2.39. The maximum atomic E-state index is 8.56. The molecule has 21 heavy (non-hydrogen) atoms. The molecule has 2 aromatic rings. The van der Waals surface area contributed by atoms with Gasteiger partial charge in [-0.25, -0.2) is 4.79 Å². The molecule has 5 nitrogen and oxygen atoms in total. The van der Waals surface area contributed by atoms with Crippen LogP contribution < -0.4 is 9.78 Å². The molecule has 0 saturated carbocycles. The summed E-state index contributed by atoms with van der Waals surface area (Å²) >= 11 is 0. The highest BCUT2D eigenvalue weighted by atomic mass is 17.2. The lowest BCUT2D eigenvalue weighted by molar-refractivity contribution is -0.0992. The van der Waals surface area contributed by atoms with E-state index in [4.69, 9.17) is 24.8 Å². The van der Waals surface area contributed by atoms with Gasteiger partial charge in [-0.05, 0) is 18.6 Å². The largest absolute Gasteiger partial charge is 0.503 e.